The maximum Gasteiger partial charge on any atom is 0.0411 e. The van der Waals surface area contributed by atoms with Crippen molar-refractivity contribution in [3.05, 3.63) is 28.2 Å². The minimum absolute atomic E-state index is 0.482. The Kier molecular flexibility index (Phi) is 2.30. The van der Waals surface area contributed by atoms with Crippen LogP contribution in [-0.2, 0) is 0 Å². The van der Waals surface area contributed by atoms with Gasteiger partial charge in [-0.05, 0) is 17.7 Å². The average molecular weight is 241 g/mol. The summed E-state index contributed by atoms with van der Waals surface area (Å²) < 4.78 is 1.18. The van der Waals surface area contributed by atoms with Gasteiger partial charge in [0.2, 0.25) is 0 Å². The Morgan fingerprint density at radius 3 is 3.08 bits per heavy atom. The van der Waals surface area contributed by atoms with Crippen LogP contribution in [0.1, 0.15) is 11.5 Å². The molecule has 2 N–H and O–H groups in total. The molecule has 0 aliphatic carbocycles. The molecule has 0 saturated carbocycles. The summed E-state index contributed by atoms with van der Waals surface area (Å²) >= 11 is 3.57. The Balaban J connectivity index is 2.52. The molecule has 3 heteroatoms. The van der Waals surface area contributed by atoms with E-state index >= 15 is 0 Å². The zero-order valence-electron chi connectivity index (χ0n) is 7.63. The third-order valence-electron chi connectivity index (χ3n) is 2.63. The van der Waals surface area contributed by atoms with Crippen molar-refractivity contribution in [2.45, 2.75) is 5.92 Å². The number of nitrogens with zero attached hydrogens (tertiary/aromatic N) is 1. The first kappa shape index (κ1) is 9.03. The third-order valence-corrected chi connectivity index (χ3v) is 3.32. The van der Waals surface area contributed by atoms with Crippen LogP contribution in [0.4, 0.5) is 5.69 Å². The number of fused-ring (bicyclic) bond motifs is 1. The number of halogens is 1. The molecule has 1 aromatic carbocycles. The summed E-state index contributed by atoms with van der Waals surface area (Å²) in [6.07, 6.45) is 0. The Bertz CT molecular complexity index is 325. The zero-order valence-corrected chi connectivity index (χ0v) is 9.21. The van der Waals surface area contributed by atoms with E-state index in [1.54, 1.807) is 0 Å². The highest BCUT2D eigenvalue weighted by atomic mass is 79.9. The van der Waals surface area contributed by atoms with E-state index in [1.807, 2.05) is 0 Å². The van der Waals surface area contributed by atoms with Gasteiger partial charge < -0.3 is 10.6 Å². The molecule has 0 saturated heterocycles. The fourth-order valence-electron chi connectivity index (χ4n) is 1.98. The molecule has 2 rings (SSSR count). The van der Waals surface area contributed by atoms with Crippen LogP contribution < -0.4 is 10.6 Å². The van der Waals surface area contributed by atoms with Crippen molar-refractivity contribution >= 4 is 21.6 Å². The molecule has 0 aromatic heterocycles. The molecule has 1 aliphatic rings. The predicted molar refractivity (Wildman–Crippen MR) is 59.2 cm³/mol. The molecule has 1 aromatic rings. The zero-order chi connectivity index (χ0) is 9.42. The summed E-state index contributed by atoms with van der Waals surface area (Å²) in [6, 6.07) is 6.30. The summed E-state index contributed by atoms with van der Waals surface area (Å²) in [5, 5.41) is 0. The highest BCUT2D eigenvalue weighted by molar-refractivity contribution is 9.10. The van der Waals surface area contributed by atoms with Gasteiger partial charge in [0, 0.05) is 36.2 Å². The number of hydrogen-bond donors (Lipinski definition) is 1. The number of anilines is 1. The smallest absolute Gasteiger partial charge is 0.0411 e. The molecule has 0 radical (unpaired) electrons. The third kappa shape index (κ3) is 1.36. The molecule has 13 heavy (non-hydrogen) atoms. The summed E-state index contributed by atoms with van der Waals surface area (Å²) in [4.78, 5) is 2.26. The molecule has 1 atom stereocenters. The Labute approximate surface area is 86.9 Å². The van der Waals surface area contributed by atoms with E-state index in [1.165, 1.54) is 15.7 Å². The number of nitrogens with two attached hydrogens (primary N) is 1. The van der Waals surface area contributed by atoms with Gasteiger partial charge in [0.05, 0.1) is 0 Å². The van der Waals surface area contributed by atoms with Gasteiger partial charge in [0.1, 0.15) is 0 Å². The average Bonchev–Trinajstić information content (AvgIpc) is 2.45. The van der Waals surface area contributed by atoms with Gasteiger partial charge in [-0.2, -0.15) is 0 Å². The van der Waals surface area contributed by atoms with Gasteiger partial charge in [0.25, 0.3) is 0 Å². The second-order valence-corrected chi connectivity index (χ2v) is 4.34. The minimum atomic E-state index is 0.482. The van der Waals surface area contributed by atoms with Gasteiger partial charge in [-0.1, -0.05) is 22.0 Å². The van der Waals surface area contributed by atoms with Gasteiger partial charge in [-0.3, -0.25) is 0 Å². The van der Waals surface area contributed by atoms with Crippen LogP contribution in [-0.4, -0.2) is 20.1 Å². The molecule has 1 heterocycles. The SMILES string of the molecule is CN1CC(CN)c2c(Br)cccc21. The minimum Gasteiger partial charge on any atom is -0.374 e. The Morgan fingerprint density at radius 1 is 1.62 bits per heavy atom. The lowest BCUT2D eigenvalue weighted by molar-refractivity contribution is 0.728. The lowest BCUT2D eigenvalue weighted by Gasteiger charge is -2.11. The molecular formula is C10H13BrN2. The molecule has 1 unspecified atom stereocenters. The van der Waals surface area contributed by atoms with Crippen LogP contribution in [0.2, 0.25) is 0 Å². The molecule has 70 valence electrons. The Hall–Kier alpha value is -0.540. The first-order valence-corrected chi connectivity index (χ1v) is 5.23. The maximum absolute atomic E-state index is 5.73. The monoisotopic (exact) mass is 240 g/mol. The molecule has 2 nitrogen and oxygen atoms in total. The van der Waals surface area contributed by atoms with E-state index in [2.05, 4.69) is 46.1 Å². The largest absolute Gasteiger partial charge is 0.374 e. The summed E-state index contributed by atoms with van der Waals surface area (Å²) in [7, 11) is 2.11. The van der Waals surface area contributed by atoms with Crippen LogP contribution in [0, 0.1) is 0 Å². The van der Waals surface area contributed by atoms with Gasteiger partial charge in [0.15, 0.2) is 0 Å². The molecule has 0 spiro atoms. The van der Waals surface area contributed by atoms with E-state index in [-0.39, 0.29) is 0 Å². The molecular weight excluding hydrogens is 228 g/mol. The summed E-state index contributed by atoms with van der Waals surface area (Å²) in [6.45, 7) is 1.76. The predicted octanol–water partition coefficient (Wildman–Crippen LogP) is 1.94. The number of hydrogen-bond acceptors (Lipinski definition) is 2. The van der Waals surface area contributed by atoms with Gasteiger partial charge >= 0.3 is 0 Å². The van der Waals surface area contributed by atoms with Crippen molar-refractivity contribution in [3.63, 3.8) is 0 Å². The van der Waals surface area contributed by atoms with Crippen LogP contribution in [0.5, 0.6) is 0 Å². The van der Waals surface area contributed by atoms with E-state index in [0.29, 0.717) is 5.92 Å². The molecule has 0 fully saturated rings. The van der Waals surface area contributed by atoms with Crippen molar-refractivity contribution < 1.29 is 0 Å². The lowest BCUT2D eigenvalue weighted by Crippen LogP contribution is -2.20. The van der Waals surface area contributed by atoms with Crippen LogP contribution in [0.15, 0.2) is 22.7 Å². The van der Waals surface area contributed by atoms with Crippen molar-refractivity contribution in [1.29, 1.82) is 0 Å². The Morgan fingerprint density at radius 2 is 2.38 bits per heavy atom. The van der Waals surface area contributed by atoms with Crippen LogP contribution >= 0.6 is 15.9 Å². The quantitative estimate of drug-likeness (QED) is 0.814. The number of rotatable bonds is 1. The topological polar surface area (TPSA) is 29.3 Å². The van der Waals surface area contributed by atoms with Crippen LogP contribution in [0.25, 0.3) is 0 Å². The fourth-order valence-corrected chi connectivity index (χ4v) is 2.65. The number of likely N-dealkylation sites (N-methyl/N-ethyl adjacent to an activating group) is 1. The first-order valence-electron chi connectivity index (χ1n) is 4.43. The van der Waals surface area contributed by atoms with Crippen molar-refractivity contribution in [2.24, 2.45) is 5.73 Å². The van der Waals surface area contributed by atoms with Crippen LogP contribution in [0.3, 0.4) is 0 Å². The van der Waals surface area contributed by atoms with E-state index < -0.39 is 0 Å². The first-order chi connectivity index (χ1) is 6.24. The van der Waals surface area contributed by atoms with Gasteiger partial charge in [-0.15, -0.1) is 0 Å². The summed E-state index contributed by atoms with van der Waals surface area (Å²) in [5.41, 5.74) is 8.41. The number of benzene rings is 1. The van der Waals surface area contributed by atoms with Gasteiger partial charge in [-0.25, -0.2) is 0 Å². The van der Waals surface area contributed by atoms with Crippen molar-refractivity contribution in [3.8, 4) is 0 Å². The molecule has 0 amide bonds. The standard InChI is InChI=1S/C10H13BrN2/c1-13-6-7(5-12)10-8(11)3-2-4-9(10)13/h2-4,7H,5-6,12H2,1H3. The highest BCUT2D eigenvalue weighted by Gasteiger charge is 2.26. The van der Waals surface area contributed by atoms with E-state index in [0.717, 1.165) is 13.1 Å². The fraction of sp³-hybridized carbons (Fsp3) is 0.400. The molecule has 0 bridgehead atoms. The van der Waals surface area contributed by atoms with E-state index in [4.69, 9.17) is 5.73 Å². The van der Waals surface area contributed by atoms with Crippen molar-refractivity contribution in [1.82, 2.24) is 0 Å². The normalized spacial score (nSPS) is 20.5. The second-order valence-electron chi connectivity index (χ2n) is 3.49. The highest BCUT2D eigenvalue weighted by Crippen LogP contribution is 2.39. The summed E-state index contributed by atoms with van der Waals surface area (Å²) in [5.74, 6) is 0.482. The second kappa shape index (κ2) is 3.31. The molecule has 1 aliphatic heterocycles. The van der Waals surface area contributed by atoms with E-state index in [9.17, 15) is 0 Å². The van der Waals surface area contributed by atoms with Crippen molar-refractivity contribution in [2.75, 3.05) is 25.0 Å². The maximum atomic E-state index is 5.73. The lowest BCUT2D eigenvalue weighted by atomic mass is 10.0.